The molecule has 0 aliphatic carbocycles. The standard InChI is InChI=1S/C21H31N5O2/c27-21-8-4-7-20(26(21)28-18-19-5-2-1-3-6-19)17-25-15-13-23-11-9-22-10-12-24-14-16-25/h1-8,22-24H,9-18H2. The topological polar surface area (TPSA) is 70.6 Å². The minimum absolute atomic E-state index is 0.134. The molecule has 3 N–H and O–H groups in total. The highest BCUT2D eigenvalue weighted by Gasteiger charge is 2.11. The first-order chi connectivity index (χ1) is 13.8. The van der Waals surface area contributed by atoms with Gasteiger partial charge in [0.25, 0.3) is 5.56 Å². The Labute approximate surface area is 166 Å². The van der Waals surface area contributed by atoms with Gasteiger partial charge in [-0.3, -0.25) is 9.69 Å². The quantitative estimate of drug-likeness (QED) is 0.676. The van der Waals surface area contributed by atoms with Crippen molar-refractivity contribution < 1.29 is 4.84 Å². The summed E-state index contributed by atoms with van der Waals surface area (Å²) in [5.74, 6) is 0. The van der Waals surface area contributed by atoms with E-state index in [4.69, 9.17) is 4.84 Å². The number of pyridine rings is 1. The zero-order valence-electron chi connectivity index (χ0n) is 16.4. The molecule has 1 aliphatic heterocycles. The maximum Gasteiger partial charge on any atom is 0.283 e. The van der Waals surface area contributed by atoms with E-state index in [-0.39, 0.29) is 5.56 Å². The Balaban J connectivity index is 1.65. The van der Waals surface area contributed by atoms with Gasteiger partial charge < -0.3 is 20.8 Å². The third kappa shape index (κ3) is 6.76. The van der Waals surface area contributed by atoms with Gasteiger partial charge in [0.2, 0.25) is 0 Å². The molecule has 7 heteroatoms. The first-order valence-corrected chi connectivity index (χ1v) is 10.1. The van der Waals surface area contributed by atoms with Crippen LogP contribution in [0.2, 0.25) is 0 Å². The number of benzene rings is 1. The number of hydrogen-bond donors (Lipinski definition) is 3. The Bertz CT molecular complexity index is 738. The van der Waals surface area contributed by atoms with Crippen LogP contribution in [0.5, 0.6) is 0 Å². The van der Waals surface area contributed by atoms with Gasteiger partial charge in [-0.15, -0.1) is 4.73 Å². The van der Waals surface area contributed by atoms with Gasteiger partial charge in [0.15, 0.2) is 0 Å². The zero-order valence-corrected chi connectivity index (χ0v) is 16.4. The molecular formula is C21H31N5O2. The van der Waals surface area contributed by atoms with E-state index in [1.54, 1.807) is 12.1 Å². The van der Waals surface area contributed by atoms with Gasteiger partial charge >= 0.3 is 0 Å². The Morgan fingerprint density at radius 3 is 2.11 bits per heavy atom. The molecular weight excluding hydrogens is 354 g/mol. The van der Waals surface area contributed by atoms with E-state index in [9.17, 15) is 4.79 Å². The average molecular weight is 386 g/mol. The summed E-state index contributed by atoms with van der Waals surface area (Å²) < 4.78 is 1.44. The fourth-order valence-corrected chi connectivity index (χ4v) is 3.20. The molecule has 0 atom stereocenters. The first-order valence-electron chi connectivity index (χ1n) is 10.1. The monoisotopic (exact) mass is 385 g/mol. The van der Waals surface area contributed by atoms with Gasteiger partial charge in [-0.1, -0.05) is 36.4 Å². The summed E-state index contributed by atoms with van der Waals surface area (Å²) in [4.78, 5) is 20.6. The summed E-state index contributed by atoms with van der Waals surface area (Å²) in [6, 6.07) is 15.2. The van der Waals surface area contributed by atoms with E-state index in [1.807, 2.05) is 36.4 Å². The predicted octanol–water partition coefficient (Wildman–Crippen LogP) is 0.0615. The van der Waals surface area contributed by atoms with Crippen LogP contribution in [0.3, 0.4) is 0 Å². The highest BCUT2D eigenvalue weighted by atomic mass is 16.7. The van der Waals surface area contributed by atoms with E-state index in [0.717, 1.165) is 63.6 Å². The fourth-order valence-electron chi connectivity index (χ4n) is 3.20. The number of nitrogens with one attached hydrogen (secondary N) is 3. The SMILES string of the molecule is O=c1cccc(CN2CCNCCNCCNCC2)n1OCc1ccccc1. The summed E-state index contributed by atoms with van der Waals surface area (Å²) in [6.45, 7) is 8.61. The summed E-state index contributed by atoms with van der Waals surface area (Å²) in [6.07, 6.45) is 0. The Morgan fingerprint density at radius 1 is 0.786 bits per heavy atom. The molecule has 0 spiro atoms. The first kappa shape index (κ1) is 20.5. The summed E-state index contributed by atoms with van der Waals surface area (Å²) in [7, 11) is 0. The van der Waals surface area contributed by atoms with Gasteiger partial charge in [0.1, 0.15) is 6.61 Å². The number of rotatable bonds is 5. The molecule has 152 valence electrons. The summed E-state index contributed by atoms with van der Waals surface area (Å²) >= 11 is 0. The molecule has 2 aromatic rings. The van der Waals surface area contributed by atoms with Crippen LogP contribution in [0.1, 0.15) is 11.3 Å². The molecule has 0 radical (unpaired) electrons. The van der Waals surface area contributed by atoms with Crippen molar-refractivity contribution in [1.82, 2.24) is 25.6 Å². The third-order valence-corrected chi connectivity index (χ3v) is 4.74. The second-order valence-corrected chi connectivity index (χ2v) is 6.93. The van der Waals surface area contributed by atoms with Crippen LogP contribution < -0.4 is 26.3 Å². The smallest absolute Gasteiger partial charge is 0.283 e. The van der Waals surface area contributed by atoms with E-state index in [1.165, 1.54) is 4.73 Å². The van der Waals surface area contributed by atoms with Crippen molar-refractivity contribution in [3.05, 3.63) is 70.1 Å². The molecule has 3 rings (SSSR count). The molecule has 2 heterocycles. The second-order valence-electron chi connectivity index (χ2n) is 6.93. The van der Waals surface area contributed by atoms with Crippen LogP contribution in [0.15, 0.2) is 53.3 Å². The van der Waals surface area contributed by atoms with E-state index >= 15 is 0 Å². The van der Waals surface area contributed by atoms with Crippen LogP contribution >= 0.6 is 0 Å². The normalized spacial score (nSPS) is 17.4. The molecule has 1 aliphatic rings. The molecule has 0 bridgehead atoms. The van der Waals surface area contributed by atoms with Crippen LogP contribution in [0.25, 0.3) is 0 Å². The fraction of sp³-hybridized carbons (Fsp3) is 0.476. The van der Waals surface area contributed by atoms with Crippen LogP contribution in [-0.4, -0.2) is 62.0 Å². The molecule has 1 aromatic heterocycles. The van der Waals surface area contributed by atoms with Crippen molar-refractivity contribution in [2.24, 2.45) is 0 Å². The molecule has 0 amide bonds. The highest BCUT2D eigenvalue weighted by Crippen LogP contribution is 2.04. The molecule has 7 nitrogen and oxygen atoms in total. The minimum Gasteiger partial charge on any atom is -0.406 e. The Kier molecular flexibility index (Phi) is 8.52. The zero-order chi connectivity index (χ0) is 19.4. The lowest BCUT2D eigenvalue weighted by molar-refractivity contribution is 0.0760. The van der Waals surface area contributed by atoms with Crippen LogP contribution in [0.4, 0.5) is 0 Å². The van der Waals surface area contributed by atoms with Crippen molar-refractivity contribution in [1.29, 1.82) is 0 Å². The third-order valence-electron chi connectivity index (χ3n) is 4.74. The van der Waals surface area contributed by atoms with Gasteiger partial charge in [-0.2, -0.15) is 0 Å². The van der Waals surface area contributed by atoms with E-state index in [0.29, 0.717) is 13.2 Å². The maximum atomic E-state index is 12.4. The number of nitrogens with zero attached hydrogens (tertiary/aromatic N) is 2. The molecule has 0 saturated carbocycles. The van der Waals surface area contributed by atoms with Crippen molar-refractivity contribution in [2.75, 3.05) is 52.4 Å². The molecule has 1 fully saturated rings. The van der Waals surface area contributed by atoms with Crippen LogP contribution in [0, 0.1) is 0 Å². The lowest BCUT2D eigenvalue weighted by atomic mass is 10.2. The van der Waals surface area contributed by atoms with Gasteiger partial charge in [-0.25, -0.2) is 0 Å². The molecule has 1 saturated heterocycles. The van der Waals surface area contributed by atoms with Gasteiger partial charge in [-0.05, 0) is 11.6 Å². The Hall–Kier alpha value is -2.19. The van der Waals surface area contributed by atoms with Crippen LogP contribution in [-0.2, 0) is 13.2 Å². The number of aromatic nitrogens is 1. The summed E-state index contributed by atoms with van der Waals surface area (Å²) in [5.41, 5.74) is 1.78. The van der Waals surface area contributed by atoms with Gasteiger partial charge in [0.05, 0.1) is 5.69 Å². The molecule has 0 unspecified atom stereocenters. The molecule has 1 aromatic carbocycles. The average Bonchev–Trinajstić information content (AvgIpc) is 2.70. The highest BCUT2D eigenvalue weighted by molar-refractivity contribution is 5.13. The van der Waals surface area contributed by atoms with Crippen molar-refractivity contribution >= 4 is 0 Å². The van der Waals surface area contributed by atoms with Crippen molar-refractivity contribution in [3.63, 3.8) is 0 Å². The second kappa shape index (κ2) is 11.6. The lowest BCUT2D eigenvalue weighted by Crippen LogP contribution is -2.42. The van der Waals surface area contributed by atoms with Crippen molar-refractivity contribution in [2.45, 2.75) is 13.2 Å². The van der Waals surface area contributed by atoms with E-state index in [2.05, 4.69) is 20.9 Å². The van der Waals surface area contributed by atoms with Crippen molar-refractivity contribution in [3.8, 4) is 0 Å². The summed E-state index contributed by atoms with van der Waals surface area (Å²) in [5, 5.41) is 10.3. The maximum absolute atomic E-state index is 12.4. The lowest BCUT2D eigenvalue weighted by Gasteiger charge is -2.25. The molecule has 28 heavy (non-hydrogen) atoms. The largest absolute Gasteiger partial charge is 0.406 e. The Morgan fingerprint density at radius 2 is 1.43 bits per heavy atom. The number of hydrogen-bond acceptors (Lipinski definition) is 6. The minimum atomic E-state index is -0.134. The van der Waals surface area contributed by atoms with Gasteiger partial charge in [0, 0.05) is 65.0 Å². The van der Waals surface area contributed by atoms with E-state index < -0.39 is 0 Å². The predicted molar refractivity (Wildman–Crippen MR) is 111 cm³/mol.